The Bertz CT molecular complexity index is 1080. The molecule has 1 aliphatic rings. The Balaban J connectivity index is 1.39. The van der Waals surface area contributed by atoms with E-state index in [1.807, 2.05) is 48.5 Å². The van der Waals surface area contributed by atoms with Crippen LogP contribution in [0.4, 0.5) is 0 Å². The van der Waals surface area contributed by atoms with Crippen LogP contribution >= 0.6 is 0 Å². The number of nitrogens with one attached hydrogen (secondary N) is 1. The van der Waals surface area contributed by atoms with Gasteiger partial charge in [0, 0.05) is 5.56 Å². The molecule has 0 spiro atoms. The number of imide groups is 1. The zero-order valence-electron chi connectivity index (χ0n) is 16.7. The van der Waals surface area contributed by atoms with Crippen molar-refractivity contribution in [3.63, 3.8) is 0 Å². The molecule has 0 fully saturated rings. The monoisotopic (exact) mass is 398 g/mol. The summed E-state index contributed by atoms with van der Waals surface area (Å²) in [6.45, 7) is 0.272. The van der Waals surface area contributed by atoms with Crippen molar-refractivity contribution in [2.24, 2.45) is 0 Å². The number of fused-ring (bicyclic) bond motifs is 1. The summed E-state index contributed by atoms with van der Waals surface area (Å²) in [5.74, 6) is -0.309. The molecule has 1 aliphatic heterocycles. The van der Waals surface area contributed by atoms with Crippen LogP contribution in [0.25, 0.3) is 0 Å². The fraction of sp³-hybridized carbons (Fsp3) is 0.160. The number of nitrogens with zero attached hydrogens (tertiary/aromatic N) is 1. The molecule has 1 N–H and O–H groups in total. The highest BCUT2D eigenvalue weighted by molar-refractivity contribution is 6.21. The minimum absolute atomic E-state index is 0.161. The summed E-state index contributed by atoms with van der Waals surface area (Å²) in [7, 11) is 1.50. The number of carbonyl (C=O) groups excluding carboxylic acids is 2. The molecular weight excluding hydrogens is 376 g/mol. The average Bonchev–Trinajstić information content (AvgIpc) is 3.03. The number of aryl methyl sites for hydroxylation is 2. The molecule has 0 saturated heterocycles. The molecule has 3 aromatic carbocycles. The minimum atomic E-state index is -0.235. The first kappa shape index (κ1) is 19.6. The Morgan fingerprint density at radius 1 is 0.800 bits per heavy atom. The van der Waals surface area contributed by atoms with Gasteiger partial charge in [0.25, 0.3) is 11.8 Å². The second-order valence-corrected chi connectivity index (χ2v) is 7.29. The highest BCUT2D eigenvalue weighted by Gasteiger charge is 2.34. The van der Waals surface area contributed by atoms with Crippen LogP contribution in [0, 0.1) is 5.41 Å². The van der Waals surface area contributed by atoms with Crippen LogP contribution in [-0.2, 0) is 24.1 Å². The van der Waals surface area contributed by atoms with Gasteiger partial charge in [-0.05, 0) is 53.8 Å². The molecule has 150 valence electrons. The van der Waals surface area contributed by atoms with Crippen molar-refractivity contribution in [2.75, 3.05) is 7.11 Å². The second-order valence-electron chi connectivity index (χ2n) is 7.29. The smallest absolute Gasteiger partial charge is 0.261 e. The van der Waals surface area contributed by atoms with E-state index in [-0.39, 0.29) is 24.3 Å². The van der Waals surface area contributed by atoms with E-state index < -0.39 is 0 Å². The maximum absolute atomic E-state index is 12.5. The van der Waals surface area contributed by atoms with Crippen LogP contribution in [0.5, 0.6) is 0 Å². The molecule has 0 radical (unpaired) electrons. The van der Waals surface area contributed by atoms with Crippen LogP contribution < -0.4 is 0 Å². The molecule has 0 unspecified atom stereocenters. The number of methoxy groups -OCH3 is 1. The Morgan fingerprint density at radius 3 is 2.03 bits per heavy atom. The number of hydrogen-bond acceptors (Lipinski definition) is 4. The van der Waals surface area contributed by atoms with Gasteiger partial charge in [0.1, 0.15) is 0 Å². The van der Waals surface area contributed by atoms with E-state index in [0.29, 0.717) is 11.1 Å². The molecule has 30 heavy (non-hydrogen) atoms. The predicted molar refractivity (Wildman–Crippen MR) is 115 cm³/mol. The number of ether oxygens (including phenoxy) is 1. The normalized spacial score (nSPS) is 12.8. The van der Waals surface area contributed by atoms with Gasteiger partial charge in [0.15, 0.2) is 0 Å². The lowest BCUT2D eigenvalue weighted by molar-refractivity contribution is 0.0642. The first-order chi connectivity index (χ1) is 14.6. The summed E-state index contributed by atoms with van der Waals surface area (Å²) in [5.41, 5.74) is 4.96. The van der Waals surface area contributed by atoms with Crippen LogP contribution in [0.1, 0.15) is 43.0 Å². The Morgan fingerprint density at radius 2 is 1.40 bits per heavy atom. The molecule has 3 aromatic rings. The molecule has 0 atom stereocenters. The van der Waals surface area contributed by atoms with Crippen molar-refractivity contribution in [3.8, 4) is 0 Å². The van der Waals surface area contributed by atoms with Crippen molar-refractivity contribution in [1.82, 2.24) is 4.90 Å². The Hall–Kier alpha value is -3.73. The Labute approximate surface area is 175 Å². The van der Waals surface area contributed by atoms with E-state index in [4.69, 9.17) is 10.1 Å². The number of hydrogen-bond donors (Lipinski definition) is 1. The first-order valence-electron chi connectivity index (χ1n) is 9.81. The summed E-state index contributed by atoms with van der Waals surface area (Å²) < 4.78 is 4.99. The average molecular weight is 398 g/mol. The highest BCUT2D eigenvalue weighted by Crippen LogP contribution is 2.24. The zero-order chi connectivity index (χ0) is 21.1. The van der Waals surface area contributed by atoms with Crippen LogP contribution in [0.15, 0.2) is 72.8 Å². The number of benzene rings is 3. The summed E-state index contributed by atoms with van der Waals surface area (Å²) in [4.78, 5) is 26.3. The fourth-order valence-corrected chi connectivity index (χ4v) is 3.65. The van der Waals surface area contributed by atoms with Gasteiger partial charge in [-0.2, -0.15) is 0 Å². The molecule has 0 bridgehead atoms. The molecule has 4 rings (SSSR count). The van der Waals surface area contributed by atoms with Gasteiger partial charge >= 0.3 is 0 Å². The van der Waals surface area contributed by atoms with Gasteiger partial charge in [0.2, 0.25) is 5.90 Å². The maximum Gasteiger partial charge on any atom is 0.261 e. The molecule has 5 heteroatoms. The molecule has 2 amide bonds. The lowest BCUT2D eigenvalue weighted by Crippen LogP contribution is -2.29. The lowest BCUT2D eigenvalue weighted by Gasteiger charge is -2.14. The molecule has 5 nitrogen and oxygen atoms in total. The molecule has 0 saturated carbocycles. The molecule has 1 heterocycles. The highest BCUT2D eigenvalue weighted by atomic mass is 16.5. The van der Waals surface area contributed by atoms with Gasteiger partial charge < -0.3 is 4.74 Å². The van der Waals surface area contributed by atoms with E-state index in [2.05, 4.69) is 0 Å². The Kier molecular flexibility index (Phi) is 5.44. The third-order valence-electron chi connectivity index (χ3n) is 5.34. The summed E-state index contributed by atoms with van der Waals surface area (Å²) in [6, 6.07) is 22.8. The quantitative estimate of drug-likeness (QED) is 0.384. The third-order valence-corrected chi connectivity index (χ3v) is 5.34. The zero-order valence-corrected chi connectivity index (χ0v) is 16.7. The van der Waals surface area contributed by atoms with Gasteiger partial charge in [0.05, 0.1) is 24.8 Å². The van der Waals surface area contributed by atoms with E-state index in [0.717, 1.165) is 29.5 Å². The van der Waals surface area contributed by atoms with Gasteiger partial charge in [-0.3, -0.25) is 19.9 Å². The topological polar surface area (TPSA) is 70.5 Å². The van der Waals surface area contributed by atoms with E-state index in [1.165, 1.54) is 17.6 Å². The minimum Gasteiger partial charge on any atom is -0.481 e. The number of rotatable bonds is 6. The predicted octanol–water partition coefficient (Wildman–Crippen LogP) is 4.24. The van der Waals surface area contributed by atoms with Gasteiger partial charge in [-0.25, -0.2) is 0 Å². The molecule has 0 aliphatic carbocycles. The summed E-state index contributed by atoms with van der Waals surface area (Å²) >= 11 is 0. The summed E-state index contributed by atoms with van der Waals surface area (Å²) in [5, 5.41) is 7.78. The van der Waals surface area contributed by atoms with Gasteiger partial charge in [-0.1, -0.05) is 48.5 Å². The summed E-state index contributed by atoms with van der Waals surface area (Å²) in [6.07, 6.45) is 1.71. The van der Waals surface area contributed by atoms with Gasteiger partial charge in [-0.15, -0.1) is 0 Å². The fourth-order valence-electron chi connectivity index (χ4n) is 3.65. The molecular formula is C25H22N2O3. The van der Waals surface area contributed by atoms with E-state index in [1.54, 1.807) is 24.3 Å². The number of carbonyl (C=O) groups is 2. The largest absolute Gasteiger partial charge is 0.481 e. The lowest BCUT2D eigenvalue weighted by atomic mass is 10.0. The molecule has 0 aromatic heterocycles. The van der Waals surface area contributed by atoms with Crippen LogP contribution in [0.2, 0.25) is 0 Å². The third kappa shape index (κ3) is 3.87. The van der Waals surface area contributed by atoms with Crippen molar-refractivity contribution < 1.29 is 14.3 Å². The number of amides is 2. The van der Waals surface area contributed by atoms with Crippen molar-refractivity contribution in [3.05, 3.63) is 106 Å². The second kappa shape index (κ2) is 8.33. The maximum atomic E-state index is 12.5. The standard InChI is InChI=1S/C25H22N2O3/c1-30-23(26)20-6-4-5-18(15-20)12-9-17-10-13-19(14-11-17)16-27-24(28)21-7-2-3-8-22(21)25(27)29/h2-8,10-11,13-15,26H,9,12,16H2,1H3. The SMILES string of the molecule is COC(=N)c1cccc(CCc2ccc(CN3C(=O)c4ccccc4C3=O)cc2)c1. The first-order valence-corrected chi connectivity index (χ1v) is 9.81. The van der Waals surface area contributed by atoms with Crippen LogP contribution in [0.3, 0.4) is 0 Å². The van der Waals surface area contributed by atoms with Crippen LogP contribution in [-0.4, -0.2) is 29.7 Å². The van der Waals surface area contributed by atoms with E-state index >= 15 is 0 Å². The van der Waals surface area contributed by atoms with Crippen molar-refractivity contribution >= 4 is 17.7 Å². The van der Waals surface area contributed by atoms with Crippen molar-refractivity contribution in [2.45, 2.75) is 19.4 Å². The van der Waals surface area contributed by atoms with E-state index in [9.17, 15) is 9.59 Å². The van der Waals surface area contributed by atoms with Crippen molar-refractivity contribution in [1.29, 1.82) is 5.41 Å².